The zero-order valence-electron chi connectivity index (χ0n) is 12.4. The summed E-state index contributed by atoms with van der Waals surface area (Å²) < 4.78 is 5.65. The second-order valence-corrected chi connectivity index (χ2v) is 5.79. The average Bonchev–Trinajstić information content (AvgIpc) is 2.46. The van der Waals surface area contributed by atoms with Crippen molar-refractivity contribution in [2.75, 3.05) is 25.1 Å². The lowest BCUT2D eigenvalue weighted by molar-refractivity contribution is -0.00465. The molecule has 1 heterocycles. The number of hydrogen-bond acceptors (Lipinski definition) is 3. The second kappa shape index (κ2) is 5.93. The van der Waals surface area contributed by atoms with Gasteiger partial charge in [0.05, 0.1) is 5.60 Å². The topological polar surface area (TPSA) is 38.5 Å². The predicted octanol–water partition coefficient (Wildman–Crippen LogP) is 3.10. The Hall–Kier alpha value is -1.06. The van der Waals surface area contributed by atoms with Crippen LogP contribution in [-0.4, -0.2) is 25.8 Å². The lowest BCUT2D eigenvalue weighted by Gasteiger charge is -2.40. The molecule has 3 nitrogen and oxygen atoms in total. The van der Waals surface area contributed by atoms with Crippen molar-refractivity contribution < 1.29 is 4.74 Å². The summed E-state index contributed by atoms with van der Waals surface area (Å²) in [4.78, 5) is 2.41. The van der Waals surface area contributed by atoms with Gasteiger partial charge in [-0.25, -0.2) is 0 Å². The van der Waals surface area contributed by atoms with Crippen LogP contribution in [0.3, 0.4) is 0 Å². The highest BCUT2D eigenvalue weighted by atomic mass is 16.5. The minimum atomic E-state index is -0.0171. The molecule has 2 unspecified atom stereocenters. The van der Waals surface area contributed by atoms with E-state index < -0.39 is 0 Å². The summed E-state index contributed by atoms with van der Waals surface area (Å²) in [6, 6.07) is 8.84. The van der Waals surface area contributed by atoms with Crippen LogP contribution in [0.4, 0.5) is 5.69 Å². The highest BCUT2D eigenvalue weighted by Gasteiger charge is 2.30. The molecule has 0 aromatic heterocycles. The van der Waals surface area contributed by atoms with E-state index in [2.05, 4.69) is 43.0 Å². The Bertz CT molecular complexity index is 404. The Balaban J connectivity index is 2.09. The molecule has 1 aromatic rings. The van der Waals surface area contributed by atoms with Crippen molar-refractivity contribution in [3.05, 3.63) is 29.8 Å². The van der Waals surface area contributed by atoms with Gasteiger partial charge in [-0.1, -0.05) is 19.1 Å². The van der Waals surface area contributed by atoms with E-state index in [1.807, 2.05) is 7.11 Å². The maximum atomic E-state index is 6.05. The molecule has 3 heteroatoms. The van der Waals surface area contributed by atoms with E-state index in [1.165, 1.54) is 17.7 Å². The predicted molar refractivity (Wildman–Crippen MR) is 80.5 cm³/mol. The third-order valence-electron chi connectivity index (χ3n) is 4.28. The van der Waals surface area contributed by atoms with Crippen LogP contribution in [0, 0.1) is 0 Å². The summed E-state index contributed by atoms with van der Waals surface area (Å²) in [5.74, 6) is 0. The van der Waals surface area contributed by atoms with Gasteiger partial charge in [0.25, 0.3) is 0 Å². The third-order valence-corrected chi connectivity index (χ3v) is 4.28. The van der Waals surface area contributed by atoms with E-state index in [4.69, 9.17) is 10.5 Å². The highest BCUT2D eigenvalue weighted by Crippen LogP contribution is 2.28. The van der Waals surface area contributed by atoms with Gasteiger partial charge in [0.2, 0.25) is 0 Å². The van der Waals surface area contributed by atoms with Gasteiger partial charge in [-0.3, -0.25) is 0 Å². The van der Waals surface area contributed by atoms with Crippen LogP contribution < -0.4 is 10.6 Å². The van der Waals surface area contributed by atoms with Crippen LogP contribution in [0.5, 0.6) is 0 Å². The molecule has 106 valence electrons. The van der Waals surface area contributed by atoms with Crippen LogP contribution in [0.2, 0.25) is 0 Å². The van der Waals surface area contributed by atoms with Crippen molar-refractivity contribution in [3.63, 3.8) is 0 Å². The number of hydrogen-bond donors (Lipinski definition) is 1. The minimum Gasteiger partial charge on any atom is -0.377 e. The number of methoxy groups -OCH3 is 1. The van der Waals surface area contributed by atoms with E-state index in [9.17, 15) is 0 Å². The zero-order chi connectivity index (χ0) is 13.9. The number of rotatable bonds is 4. The Kier molecular flexibility index (Phi) is 4.48. The first-order valence-electron chi connectivity index (χ1n) is 7.23. The smallest absolute Gasteiger partial charge is 0.0825 e. The first-order chi connectivity index (χ1) is 9.08. The van der Waals surface area contributed by atoms with E-state index in [1.54, 1.807) is 0 Å². The standard InChI is InChI=1S/C16H26N2O/c1-4-15(17)13-6-8-14(9-7-13)18-11-5-10-16(2,12-18)19-3/h6-9,15H,4-5,10-12,17H2,1-3H3. The maximum absolute atomic E-state index is 6.05. The molecule has 2 rings (SSSR count). The molecule has 2 N–H and O–H groups in total. The molecule has 1 fully saturated rings. The quantitative estimate of drug-likeness (QED) is 0.906. The van der Waals surface area contributed by atoms with Gasteiger partial charge in [0, 0.05) is 31.9 Å². The highest BCUT2D eigenvalue weighted by molar-refractivity contribution is 5.49. The maximum Gasteiger partial charge on any atom is 0.0825 e. The van der Waals surface area contributed by atoms with Crippen LogP contribution in [0.15, 0.2) is 24.3 Å². The van der Waals surface area contributed by atoms with Crippen molar-refractivity contribution >= 4 is 5.69 Å². The zero-order valence-corrected chi connectivity index (χ0v) is 12.4. The summed E-state index contributed by atoms with van der Waals surface area (Å²) >= 11 is 0. The molecule has 1 saturated heterocycles. The van der Waals surface area contributed by atoms with Crippen LogP contribution >= 0.6 is 0 Å². The molecule has 0 radical (unpaired) electrons. The second-order valence-electron chi connectivity index (χ2n) is 5.79. The summed E-state index contributed by atoms with van der Waals surface area (Å²) in [7, 11) is 1.81. The third kappa shape index (κ3) is 3.28. The molecule has 1 aliphatic rings. The van der Waals surface area contributed by atoms with Crippen molar-refractivity contribution in [2.45, 2.75) is 44.8 Å². The van der Waals surface area contributed by atoms with E-state index in [0.717, 1.165) is 25.9 Å². The number of ether oxygens (including phenoxy) is 1. The summed E-state index contributed by atoms with van der Waals surface area (Å²) in [5.41, 5.74) is 8.53. The summed E-state index contributed by atoms with van der Waals surface area (Å²) in [6.07, 6.45) is 3.30. The van der Waals surface area contributed by atoms with E-state index >= 15 is 0 Å². The summed E-state index contributed by atoms with van der Waals surface area (Å²) in [5, 5.41) is 0. The van der Waals surface area contributed by atoms with Crippen molar-refractivity contribution in [2.24, 2.45) is 5.73 Å². The first kappa shape index (κ1) is 14.4. The molecule has 0 bridgehead atoms. The van der Waals surface area contributed by atoms with Gasteiger partial charge >= 0.3 is 0 Å². The fourth-order valence-electron chi connectivity index (χ4n) is 2.76. The van der Waals surface area contributed by atoms with Crippen molar-refractivity contribution in [3.8, 4) is 0 Å². The number of nitrogens with zero attached hydrogens (tertiary/aromatic N) is 1. The van der Waals surface area contributed by atoms with Crippen LogP contribution in [-0.2, 0) is 4.74 Å². The minimum absolute atomic E-state index is 0.0171. The monoisotopic (exact) mass is 262 g/mol. The normalized spacial score (nSPS) is 25.4. The lowest BCUT2D eigenvalue weighted by Crippen LogP contribution is -2.47. The molecule has 0 saturated carbocycles. The number of benzene rings is 1. The average molecular weight is 262 g/mol. The summed E-state index contributed by atoms with van der Waals surface area (Å²) in [6.45, 7) is 6.38. The number of nitrogens with two attached hydrogens (primary N) is 1. The van der Waals surface area contributed by atoms with Crippen LogP contribution in [0.25, 0.3) is 0 Å². The Morgan fingerprint density at radius 2 is 2.05 bits per heavy atom. The Labute approximate surface area is 116 Å². The number of anilines is 1. The van der Waals surface area contributed by atoms with Gasteiger partial charge in [-0.15, -0.1) is 0 Å². The van der Waals surface area contributed by atoms with Gasteiger partial charge in [0.15, 0.2) is 0 Å². The van der Waals surface area contributed by atoms with Gasteiger partial charge < -0.3 is 15.4 Å². The van der Waals surface area contributed by atoms with Gasteiger partial charge in [-0.05, 0) is 43.9 Å². The molecule has 0 aliphatic carbocycles. The molecular formula is C16H26N2O. The van der Waals surface area contributed by atoms with Gasteiger partial charge in [-0.2, -0.15) is 0 Å². The molecule has 1 aliphatic heterocycles. The molecule has 0 amide bonds. The fraction of sp³-hybridized carbons (Fsp3) is 0.625. The van der Waals surface area contributed by atoms with Gasteiger partial charge in [0.1, 0.15) is 0 Å². The number of piperidine rings is 1. The molecule has 2 atom stereocenters. The molecule has 19 heavy (non-hydrogen) atoms. The molecule has 0 spiro atoms. The van der Waals surface area contributed by atoms with Crippen LogP contribution in [0.1, 0.15) is 44.7 Å². The lowest BCUT2D eigenvalue weighted by atomic mass is 9.94. The van der Waals surface area contributed by atoms with E-state index in [-0.39, 0.29) is 11.6 Å². The molecular weight excluding hydrogens is 236 g/mol. The largest absolute Gasteiger partial charge is 0.377 e. The Morgan fingerprint density at radius 1 is 1.37 bits per heavy atom. The van der Waals surface area contributed by atoms with Crippen molar-refractivity contribution in [1.29, 1.82) is 0 Å². The first-order valence-corrected chi connectivity index (χ1v) is 7.23. The molecule has 1 aromatic carbocycles. The van der Waals surface area contributed by atoms with E-state index in [0.29, 0.717) is 0 Å². The fourth-order valence-corrected chi connectivity index (χ4v) is 2.76. The van der Waals surface area contributed by atoms with Crippen molar-refractivity contribution in [1.82, 2.24) is 0 Å². The SMILES string of the molecule is CCC(N)c1ccc(N2CCCC(C)(OC)C2)cc1. The Morgan fingerprint density at radius 3 is 2.63 bits per heavy atom.